The van der Waals surface area contributed by atoms with Crippen molar-refractivity contribution in [2.75, 3.05) is 5.75 Å². The third-order valence-corrected chi connectivity index (χ3v) is 3.02. The summed E-state index contributed by atoms with van der Waals surface area (Å²) >= 11 is 1.82. The molecule has 0 rings (SSSR count). The Kier molecular flexibility index (Phi) is 4.12. The molecule has 1 nitrogen and oxygen atoms in total. The lowest BCUT2D eigenvalue weighted by Gasteiger charge is -2.28. The van der Waals surface area contributed by atoms with Gasteiger partial charge >= 0.3 is 0 Å². The molecule has 0 radical (unpaired) electrons. The lowest BCUT2D eigenvalue weighted by molar-refractivity contribution is 0.0841. The number of thioether (sulfide) groups is 1. The summed E-state index contributed by atoms with van der Waals surface area (Å²) in [5.41, 5.74) is 0.0122. The topological polar surface area (TPSA) is 20.2 Å². The monoisotopic (exact) mass is 190 g/mol. The molecule has 74 valence electrons. The van der Waals surface area contributed by atoms with Crippen molar-refractivity contribution in [1.29, 1.82) is 0 Å². The summed E-state index contributed by atoms with van der Waals surface area (Å²) in [5, 5.41) is 9.73. The molecule has 1 N–H and O–H groups in total. The normalized spacial score (nSPS) is 16.2. The van der Waals surface area contributed by atoms with Crippen LogP contribution in [0, 0.1) is 5.41 Å². The maximum atomic E-state index is 9.73. The van der Waals surface area contributed by atoms with Gasteiger partial charge in [-0.1, -0.05) is 41.5 Å². The molecule has 1 atom stereocenters. The minimum Gasteiger partial charge on any atom is -0.392 e. The first kappa shape index (κ1) is 12.3. The zero-order chi connectivity index (χ0) is 9.99. The first-order valence-electron chi connectivity index (χ1n) is 4.45. The van der Waals surface area contributed by atoms with Gasteiger partial charge in [0.25, 0.3) is 0 Å². The van der Waals surface area contributed by atoms with E-state index in [0.717, 1.165) is 5.75 Å². The highest BCUT2D eigenvalue weighted by Crippen LogP contribution is 2.29. The Morgan fingerprint density at radius 1 is 1.08 bits per heavy atom. The number of aliphatic hydroxyl groups excluding tert-OH is 1. The van der Waals surface area contributed by atoms with Crippen molar-refractivity contribution in [3.8, 4) is 0 Å². The van der Waals surface area contributed by atoms with Crippen molar-refractivity contribution in [3.63, 3.8) is 0 Å². The molecule has 2 heteroatoms. The molecule has 0 aromatic carbocycles. The molecule has 0 saturated carbocycles. The molecule has 0 aromatic heterocycles. The van der Waals surface area contributed by atoms with Crippen LogP contribution >= 0.6 is 11.8 Å². The Balaban J connectivity index is 3.80. The predicted octanol–water partition coefficient (Wildman–Crippen LogP) is 2.93. The van der Waals surface area contributed by atoms with Crippen LogP contribution in [-0.4, -0.2) is 21.7 Å². The summed E-state index contributed by atoms with van der Waals surface area (Å²) in [6, 6.07) is 0. The zero-order valence-corrected chi connectivity index (χ0v) is 9.96. The fraction of sp³-hybridized carbons (Fsp3) is 1.00. The quantitative estimate of drug-likeness (QED) is 0.722. The minimum atomic E-state index is -0.207. The molecule has 0 bridgehead atoms. The Labute approximate surface area is 80.9 Å². The van der Waals surface area contributed by atoms with Crippen LogP contribution in [0.4, 0.5) is 0 Å². The van der Waals surface area contributed by atoms with Gasteiger partial charge in [-0.2, -0.15) is 11.8 Å². The van der Waals surface area contributed by atoms with Gasteiger partial charge in [-0.05, 0) is 5.41 Å². The van der Waals surface area contributed by atoms with Gasteiger partial charge in [-0.3, -0.25) is 0 Å². The Bertz CT molecular complexity index is 130. The largest absolute Gasteiger partial charge is 0.392 e. The summed E-state index contributed by atoms with van der Waals surface area (Å²) < 4.78 is 0.256. The van der Waals surface area contributed by atoms with Crippen molar-refractivity contribution >= 4 is 11.8 Å². The van der Waals surface area contributed by atoms with E-state index in [2.05, 4.69) is 41.5 Å². The molecule has 0 fully saturated rings. The molecule has 1 unspecified atom stereocenters. The van der Waals surface area contributed by atoms with E-state index in [1.807, 2.05) is 11.8 Å². The molecule has 0 heterocycles. The fourth-order valence-corrected chi connectivity index (χ4v) is 1.74. The second-order valence-corrected chi connectivity index (χ2v) is 7.15. The zero-order valence-electron chi connectivity index (χ0n) is 9.14. The van der Waals surface area contributed by atoms with E-state index >= 15 is 0 Å². The highest BCUT2D eigenvalue weighted by Gasteiger charge is 2.24. The summed E-state index contributed by atoms with van der Waals surface area (Å²) in [5.74, 6) is 0.826. The van der Waals surface area contributed by atoms with Gasteiger partial charge in [0.15, 0.2) is 0 Å². The Hall–Kier alpha value is 0.310. The van der Waals surface area contributed by atoms with Crippen LogP contribution in [0.1, 0.15) is 41.5 Å². The average molecular weight is 190 g/mol. The van der Waals surface area contributed by atoms with Gasteiger partial charge in [0.2, 0.25) is 0 Å². The third kappa shape index (κ3) is 5.90. The fourth-order valence-electron chi connectivity index (χ4n) is 0.579. The molecule has 0 spiro atoms. The van der Waals surface area contributed by atoms with Crippen LogP contribution in [0.5, 0.6) is 0 Å². The van der Waals surface area contributed by atoms with Gasteiger partial charge in [-0.15, -0.1) is 0 Å². The molecule has 0 aliphatic rings. The number of hydrogen-bond donors (Lipinski definition) is 1. The van der Waals surface area contributed by atoms with Gasteiger partial charge in [-0.25, -0.2) is 0 Å². The van der Waals surface area contributed by atoms with Crippen LogP contribution in [0.3, 0.4) is 0 Å². The average Bonchev–Trinajstić information content (AvgIpc) is 1.78. The maximum Gasteiger partial charge on any atom is 0.0679 e. The summed E-state index contributed by atoms with van der Waals surface area (Å²) in [4.78, 5) is 0. The van der Waals surface area contributed by atoms with Crippen molar-refractivity contribution in [3.05, 3.63) is 0 Å². The molecule has 0 amide bonds. The van der Waals surface area contributed by atoms with Crippen molar-refractivity contribution in [2.45, 2.75) is 52.4 Å². The summed E-state index contributed by atoms with van der Waals surface area (Å²) in [6.45, 7) is 12.7. The second-order valence-electron chi connectivity index (χ2n) is 5.31. The number of rotatable bonds is 2. The smallest absolute Gasteiger partial charge is 0.0679 e. The van der Waals surface area contributed by atoms with Crippen molar-refractivity contribution in [2.24, 2.45) is 5.41 Å². The maximum absolute atomic E-state index is 9.73. The predicted molar refractivity (Wildman–Crippen MR) is 57.7 cm³/mol. The molecule has 0 aromatic rings. The van der Waals surface area contributed by atoms with E-state index in [1.54, 1.807) is 0 Å². The van der Waals surface area contributed by atoms with Gasteiger partial charge in [0.1, 0.15) is 0 Å². The first-order chi connectivity index (χ1) is 5.13. The summed E-state index contributed by atoms with van der Waals surface area (Å²) in [7, 11) is 0. The van der Waals surface area contributed by atoms with E-state index in [0.29, 0.717) is 0 Å². The van der Waals surface area contributed by atoms with E-state index in [-0.39, 0.29) is 16.3 Å². The van der Waals surface area contributed by atoms with E-state index < -0.39 is 0 Å². The lowest BCUT2D eigenvalue weighted by Crippen LogP contribution is -2.29. The van der Waals surface area contributed by atoms with Crippen LogP contribution in [-0.2, 0) is 0 Å². The lowest BCUT2D eigenvalue weighted by atomic mass is 9.90. The highest BCUT2D eigenvalue weighted by molar-refractivity contribution is 8.00. The van der Waals surface area contributed by atoms with Crippen LogP contribution < -0.4 is 0 Å². The SMILES string of the molecule is CC(C)(C)SCC(O)C(C)(C)C. The van der Waals surface area contributed by atoms with Gasteiger partial charge in [0, 0.05) is 10.5 Å². The van der Waals surface area contributed by atoms with E-state index in [1.165, 1.54) is 0 Å². The first-order valence-corrected chi connectivity index (χ1v) is 5.43. The number of hydrogen-bond acceptors (Lipinski definition) is 2. The molecule has 0 aliphatic heterocycles. The second kappa shape index (κ2) is 4.01. The molecular weight excluding hydrogens is 168 g/mol. The van der Waals surface area contributed by atoms with Gasteiger partial charge < -0.3 is 5.11 Å². The van der Waals surface area contributed by atoms with Crippen LogP contribution in [0.25, 0.3) is 0 Å². The Morgan fingerprint density at radius 2 is 1.50 bits per heavy atom. The van der Waals surface area contributed by atoms with E-state index in [4.69, 9.17) is 0 Å². The highest BCUT2D eigenvalue weighted by atomic mass is 32.2. The Morgan fingerprint density at radius 3 is 1.75 bits per heavy atom. The number of aliphatic hydroxyl groups is 1. The standard InChI is InChI=1S/C10H22OS/c1-9(2,3)8(11)7-12-10(4,5)6/h8,11H,7H2,1-6H3. The molecule has 0 aliphatic carbocycles. The van der Waals surface area contributed by atoms with Crippen molar-refractivity contribution < 1.29 is 5.11 Å². The van der Waals surface area contributed by atoms with Crippen molar-refractivity contribution in [1.82, 2.24) is 0 Å². The molecular formula is C10H22OS. The summed E-state index contributed by atoms with van der Waals surface area (Å²) in [6.07, 6.45) is -0.207. The van der Waals surface area contributed by atoms with Crippen LogP contribution in [0.15, 0.2) is 0 Å². The molecule has 12 heavy (non-hydrogen) atoms. The van der Waals surface area contributed by atoms with Gasteiger partial charge in [0.05, 0.1) is 6.10 Å². The van der Waals surface area contributed by atoms with Crippen LogP contribution in [0.2, 0.25) is 0 Å². The molecule has 0 saturated heterocycles. The van der Waals surface area contributed by atoms with E-state index in [9.17, 15) is 5.11 Å². The third-order valence-electron chi connectivity index (χ3n) is 1.67. The minimum absolute atomic E-state index is 0.0122.